The minimum Gasteiger partial charge on any atom is -0.449 e. The Bertz CT molecular complexity index is 1440. The average Bonchev–Trinajstić information content (AvgIpc) is 3.43. The number of piperidine rings is 1. The topological polar surface area (TPSA) is 183 Å². The summed E-state index contributed by atoms with van der Waals surface area (Å²) in [6.45, 7) is 9.16. The first-order chi connectivity index (χ1) is 25.8. The Hall–Kier alpha value is -3.85. The maximum atomic E-state index is 14.3. The maximum absolute atomic E-state index is 14.3. The van der Waals surface area contributed by atoms with Crippen LogP contribution in [0.15, 0.2) is 0 Å². The number of likely N-dealkylation sites (tertiary alicyclic amines) is 1. The minimum absolute atomic E-state index is 0.00960. The summed E-state index contributed by atoms with van der Waals surface area (Å²) in [6.07, 6.45) is 3.32. The van der Waals surface area contributed by atoms with Gasteiger partial charge in [-0.3, -0.25) is 28.8 Å². The Morgan fingerprint density at radius 3 is 2.07 bits per heavy atom. The third-order valence-electron chi connectivity index (χ3n) is 12.1. The van der Waals surface area contributed by atoms with E-state index in [1.807, 2.05) is 27.7 Å². The van der Waals surface area contributed by atoms with Crippen LogP contribution in [0.4, 0.5) is 13.6 Å². The molecule has 3 aliphatic carbocycles. The van der Waals surface area contributed by atoms with Gasteiger partial charge < -0.3 is 35.8 Å². The van der Waals surface area contributed by atoms with Crippen molar-refractivity contribution in [3.05, 3.63) is 0 Å². The van der Waals surface area contributed by atoms with E-state index in [2.05, 4.69) is 21.3 Å². The molecule has 1 heterocycles. The summed E-state index contributed by atoms with van der Waals surface area (Å²) >= 11 is 0. The van der Waals surface area contributed by atoms with Gasteiger partial charge in [-0.1, -0.05) is 60.3 Å². The van der Waals surface area contributed by atoms with Crippen molar-refractivity contribution in [2.45, 2.75) is 135 Å². The molecule has 1 saturated heterocycles. The van der Waals surface area contributed by atoms with Gasteiger partial charge in [0.1, 0.15) is 18.1 Å². The van der Waals surface area contributed by atoms with Crippen LogP contribution < -0.4 is 21.3 Å². The van der Waals surface area contributed by atoms with Crippen molar-refractivity contribution < 1.29 is 47.1 Å². The number of fused-ring (bicyclic) bond motifs is 1. The first kappa shape index (κ1) is 43.9. The second-order valence-electron chi connectivity index (χ2n) is 17.3. The monoisotopic (exact) mass is 780 g/mol. The number of hydrogen-bond acceptors (Lipinski definition) is 8. The average molecular weight is 781 g/mol. The molecule has 310 valence electrons. The fourth-order valence-corrected chi connectivity index (χ4v) is 8.75. The SMILES string of the molecule is CCCC(NC(=O)C1C2C(CN1C(=O)C(NC(=O)OCC(C)C)C1CCC(F)(F)CC1)C2(C)C)C(=O)C(=O)NCC(=O)NC(C(=O)N(C)C)C1CCCCC1. The van der Waals surface area contributed by atoms with Crippen LogP contribution in [0.3, 0.4) is 0 Å². The van der Waals surface area contributed by atoms with Gasteiger partial charge in [-0.15, -0.1) is 0 Å². The van der Waals surface area contributed by atoms with Gasteiger partial charge in [-0.25, -0.2) is 13.6 Å². The second kappa shape index (κ2) is 18.4. The van der Waals surface area contributed by atoms with E-state index in [-0.39, 0.29) is 67.4 Å². The summed E-state index contributed by atoms with van der Waals surface area (Å²) < 4.78 is 33.6. The standard InChI is InChI=1S/C39H62F2N6O8/c1-8-12-26(32(49)34(51)42-19-27(48)44-29(35(52)46(6)7)23-13-10-9-11-14-23)43-33(50)31-28-25(38(28,4)5)20-47(31)36(53)30(45-37(54)55-21-22(2)3)24-15-17-39(40,41)18-16-24/h22-26,28-31H,8-21H2,1-7H3,(H,42,51)(H,43,50)(H,44,48)(H,45,54). The van der Waals surface area contributed by atoms with Crippen molar-refractivity contribution in [1.29, 1.82) is 0 Å². The van der Waals surface area contributed by atoms with Gasteiger partial charge in [0.15, 0.2) is 0 Å². The van der Waals surface area contributed by atoms with Gasteiger partial charge in [0.05, 0.1) is 19.2 Å². The molecular weight excluding hydrogens is 718 g/mol. The van der Waals surface area contributed by atoms with E-state index in [1.54, 1.807) is 21.0 Å². The highest BCUT2D eigenvalue weighted by Crippen LogP contribution is 2.65. The van der Waals surface area contributed by atoms with E-state index in [1.165, 1.54) is 9.80 Å². The smallest absolute Gasteiger partial charge is 0.407 e. The first-order valence-corrected chi connectivity index (χ1v) is 20.0. The number of carbonyl (C=O) groups excluding carboxylic acids is 7. The Balaban J connectivity index is 1.45. The Morgan fingerprint density at radius 2 is 1.49 bits per heavy atom. The van der Waals surface area contributed by atoms with Crippen LogP contribution in [0.25, 0.3) is 0 Å². The number of amides is 6. The van der Waals surface area contributed by atoms with Gasteiger partial charge >= 0.3 is 6.09 Å². The van der Waals surface area contributed by atoms with Gasteiger partial charge in [0.2, 0.25) is 35.3 Å². The van der Waals surface area contributed by atoms with Crippen LogP contribution in [-0.2, 0) is 33.5 Å². The lowest BCUT2D eigenvalue weighted by Gasteiger charge is -2.38. The Kier molecular flexibility index (Phi) is 14.7. The zero-order chi connectivity index (χ0) is 40.8. The Morgan fingerprint density at radius 1 is 0.873 bits per heavy atom. The molecule has 0 aromatic rings. The van der Waals surface area contributed by atoms with E-state index in [0.717, 1.165) is 32.1 Å². The number of likely N-dealkylation sites (N-methyl/N-ethyl adjacent to an activating group) is 1. The van der Waals surface area contributed by atoms with Crippen molar-refractivity contribution in [2.75, 3.05) is 33.8 Å². The number of nitrogens with one attached hydrogen (secondary N) is 4. The summed E-state index contributed by atoms with van der Waals surface area (Å²) in [5.41, 5.74) is -0.316. The highest BCUT2D eigenvalue weighted by molar-refractivity contribution is 6.38. The molecule has 0 radical (unpaired) electrons. The fourth-order valence-electron chi connectivity index (χ4n) is 8.75. The second-order valence-corrected chi connectivity index (χ2v) is 17.3. The molecule has 55 heavy (non-hydrogen) atoms. The zero-order valence-electron chi connectivity index (χ0n) is 33.5. The predicted molar refractivity (Wildman–Crippen MR) is 198 cm³/mol. The molecule has 16 heteroatoms. The largest absolute Gasteiger partial charge is 0.449 e. The lowest BCUT2D eigenvalue weighted by atomic mass is 9.81. The molecule has 14 nitrogen and oxygen atoms in total. The number of alkyl halides is 2. The van der Waals surface area contributed by atoms with Gasteiger partial charge in [0.25, 0.3) is 5.91 Å². The van der Waals surface area contributed by atoms with Crippen LogP contribution in [0.1, 0.15) is 105 Å². The number of ether oxygens (including phenoxy) is 1. The molecule has 0 aromatic heterocycles. The lowest BCUT2D eigenvalue weighted by Crippen LogP contribution is -2.60. The maximum Gasteiger partial charge on any atom is 0.407 e. The molecule has 1 aliphatic heterocycles. The third kappa shape index (κ3) is 10.9. The number of halogens is 2. The molecule has 0 spiro atoms. The van der Waals surface area contributed by atoms with Crippen LogP contribution in [0.2, 0.25) is 0 Å². The predicted octanol–water partition coefficient (Wildman–Crippen LogP) is 3.17. The minimum atomic E-state index is -2.87. The Labute approximate surface area is 323 Å². The van der Waals surface area contributed by atoms with Gasteiger partial charge in [0, 0.05) is 33.5 Å². The van der Waals surface area contributed by atoms with Crippen molar-refractivity contribution >= 4 is 41.4 Å². The molecule has 4 fully saturated rings. The van der Waals surface area contributed by atoms with Gasteiger partial charge in [-0.05, 0) is 67.1 Å². The number of rotatable bonds is 16. The molecule has 4 aliphatic rings. The molecule has 6 atom stereocenters. The fraction of sp³-hybridized carbons (Fsp3) is 0.821. The van der Waals surface area contributed by atoms with Crippen molar-refractivity contribution in [3.8, 4) is 0 Å². The van der Waals surface area contributed by atoms with Crippen molar-refractivity contribution in [1.82, 2.24) is 31.1 Å². The van der Waals surface area contributed by atoms with E-state index in [9.17, 15) is 42.3 Å². The molecule has 6 amide bonds. The number of ketones is 1. The molecule has 0 bridgehead atoms. The molecule has 4 rings (SSSR count). The summed E-state index contributed by atoms with van der Waals surface area (Å²) in [5, 5.41) is 10.4. The van der Waals surface area contributed by atoms with E-state index in [0.29, 0.717) is 6.42 Å². The molecular formula is C39H62F2N6O8. The van der Waals surface area contributed by atoms with Crippen LogP contribution in [0.5, 0.6) is 0 Å². The summed E-state index contributed by atoms with van der Waals surface area (Å²) in [7, 11) is 3.22. The van der Waals surface area contributed by atoms with E-state index < -0.39 is 90.9 Å². The van der Waals surface area contributed by atoms with E-state index in [4.69, 9.17) is 4.74 Å². The number of hydrogen-bond donors (Lipinski definition) is 4. The molecule has 0 aromatic carbocycles. The van der Waals surface area contributed by atoms with E-state index >= 15 is 0 Å². The summed E-state index contributed by atoms with van der Waals surface area (Å²) in [6, 6.07) is -4.26. The van der Waals surface area contributed by atoms with Gasteiger partial charge in [-0.2, -0.15) is 0 Å². The highest BCUT2D eigenvalue weighted by Gasteiger charge is 2.70. The van der Waals surface area contributed by atoms with Crippen LogP contribution >= 0.6 is 0 Å². The van der Waals surface area contributed by atoms with Crippen LogP contribution in [-0.4, -0.2) is 115 Å². The molecule has 6 unspecified atom stereocenters. The number of Topliss-reactive ketones (excluding diaryl/α,β-unsaturated/α-hetero) is 1. The van der Waals surface area contributed by atoms with Crippen LogP contribution in [0, 0.1) is 35.0 Å². The zero-order valence-corrected chi connectivity index (χ0v) is 33.5. The quantitative estimate of drug-likeness (QED) is 0.172. The number of carbonyl (C=O) groups is 7. The van der Waals surface area contributed by atoms with Crippen molar-refractivity contribution in [2.24, 2.45) is 35.0 Å². The molecule has 4 N–H and O–H groups in total. The lowest BCUT2D eigenvalue weighted by molar-refractivity contribution is -0.145. The third-order valence-corrected chi connectivity index (χ3v) is 12.1. The molecule has 3 saturated carbocycles. The normalized spacial score (nSPS) is 24.8. The first-order valence-electron chi connectivity index (χ1n) is 20.0. The number of alkyl carbamates (subject to hydrolysis) is 1. The number of nitrogens with zero attached hydrogens (tertiary/aromatic N) is 2. The summed E-state index contributed by atoms with van der Waals surface area (Å²) in [4.78, 5) is 96.5. The summed E-state index contributed by atoms with van der Waals surface area (Å²) in [5.74, 6) is -7.98. The highest BCUT2D eigenvalue weighted by atomic mass is 19.3. The van der Waals surface area contributed by atoms with Crippen molar-refractivity contribution in [3.63, 3.8) is 0 Å².